The van der Waals surface area contributed by atoms with Crippen molar-refractivity contribution < 1.29 is 4.74 Å². The van der Waals surface area contributed by atoms with Crippen molar-refractivity contribution in [3.8, 4) is 11.8 Å². The first-order valence-corrected chi connectivity index (χ1v) is 5.65. The number of fused-ring (bicyclic) bond motifs is 1. The molecule has 0 saturated carbocycles. The average molecular weight is 224 g/mol. The summed E-state index contributed by atoms with van der Waals surface area (Å²) in [5.74, 6) is 0.834. The van der Waals surface area contributed by atoms with Gasteiger partial charge in [0, 0.05) is 11.8 Å². The molecule has 1 radical (unpaired) electrons. The maximum atomic E-state index is 8.52. The molecule has 0 N–H and O–H groups in total. The van der Waals surface area contributed by atoms with E-state index in [2.05, 4.69) is 25.1 Å². The molecule has 0 aliphatic rings. The van der Waals surface area contributed by atoms with Crippen LogP contribution < -0.4 is 4.74 Å². The zero-order valence-corrected chi connectivity index (χ0v) is 9.60. The van der Waals surface area contributed by atoms with Crippen molar-refractivity contribution in [2.24, 2.45) is 0 Å². The first-order valence-electron chi connectivity index (χ1n) is 5.65. The molecule has 85 valence electrons. The summed E-state index contributed by atoms with van der Waals surface area (Å²) < 4.78 is 5.77. The molecule has 1 atom stereocenters. The van der Waals surface area contributed by atoms with Crippen LogP contribution in [0.4, 0.5) is 0 Å². The van der Waals surface area contributed by atoms with Gasteiger partial charge in [-0.3, -0.25) is 0 Å². The molecule has 0 fully saturated rings. The molecule has 0 aliphatic carbocycles. The van der Waals surface area contributed by atoms with Crippen LogP contribution in [0.25, 0.3) is 10.8 Å². The highest BCUT2D eigenvalue weighted by Crippen LogP contribution is 2.26. The number of nitriles is 1. The second-order valence-electron chi connectivity index (χ2n) is 3.91. The lowest BCUT2D eigenvalue weighted by Gasteiger charge is -2.14. The molecular formula is C15H14NO. The quantitative estimate of drug-likeness (QED) is 0.792. The van der Waals surface area contributed by atoms with Crippen LogP contribution in [0.15, 0.2) is 42.5 Å². The van der Waals surface area contributed by atoms with E-state index in [1.165, 1.54) is 0 Å². The van der Waals surface area contributed by atoms with Crippen LogP contribution in [-0.2, 0) is 0 Å². The summed E-state index contributed by atoms with van der Waals surface area (Å²) in [6.07, 6.45) is 0.944. The molecule has 0 spiro atoms. The molecular weight excluding hydrogens is 210 g/mol. The number of benzene rings is 2. The van der Waals surface area contributed by atoms with E-state index in [1.54, 1.807) is 0 Å². The van der Waals surface area contributed by atoms with Crippen LogP contribution >= 0.6 is 0 Å². The van der Waals surface area contributed by atoms with Crippen molar-refractivity contribution in [2.45, 2.75) is 18.9 Å². The van der Waals surface area contributed by atoms with E-state index in [0.29, 0.717) is 12.8 Å². The summed E-state index contributed by atoms with van der Waals surface area (Å²) in [7, 11) is 0. The smallest absolute Gasteiger partial charge is 0.127 e. The van der Waals surface area contributed by atoms with Gasteiger partial charge < -0.3 is 4.74 Å². The summed E-state index contributed by atoms with van der Waals surface area (Å²) >= 11 is 0. The number of ether oxygens (including phenoxy) is 1. The second kappa shape index (κ2) is 5.36. The SMILES string of the molecule is [CH2]C(CCC#N)Oc1cccc2ccccc12. The Bertz CT molecular complexity index is 537. The lowest BCUT2D eigenvalue weighted by atomic mass is 10.1. The van der Waals surface area contributed by atoms with Gasteiger partial charge in [-0.05, 0) is 24.8 Å². The van der Waals surface area contributed by atoms with Crippen molar-refractivity contribution in [3.63, 3.8) is 0 Å². The maximum absolute atomic E-state index is 8.52. The van der Waals surface area contributed by atoms with Crippen LogP contribution in [-0.4, -0.2) is 6.10 Å². The molecule has 0 saturated heterocycles. The van der Waals surface area contributed by atoms with Gasteiger partial charge in [0.1, 0.15) is 5.75 Å². The van der Waals surface area contributed by atoms with Gasteiger partial charge in [0.25, 0.3) is 0 Å². The van der Waals surface area contributed by atoms with Crippen LogP contribution in [0.2, 0.25) is 0 Å². The number of rotatable bonds is 4. The molecule has 0 amide bonds. The van der Waals surface area contributed by atoms with E-state index in [0.717, 1.165) is 16.5 Å². The van der Waals surface area contributed by atoms with Gasteiger partial charge in [-0.25, -0.2) is 0 Å². The molecule has 0 heterocycles. The maximum Gasteiger partial charge on any atom is 0.127 e. The van der Waals surface area contributed by atoms with Gasteiger partial charge in [-0.1, -0.05) is 36.4 Å². The van der Waals surface area contributed by atoms with E-state index in [9.17, 15) is 0 Å². The monoisotopic (exact) mass is 224 g/mol. The fourth-order valence-corrected chi connectivity index (χ4v) is 1.76. The van der Waals surface area contributed by atoms with Crippen molar-refractivity contribution in [1.82, 2.24) is 0 Å². The molecule has 2 aromatic rings. The third kappa shape index (κ3) is 2.76. The predicted octanol–water partition coefficient (Wildman–Crippen LogP) is 3.73. The molecule has 17 heavy (non-hydrogen) atoms. The van der Waals surface area contributed by atoms with Crippen molar-refractivity contribution >= 4 is 10.8 Å². The van der Waals surface area contributed by atoms with Gasteiger partial charge in [0.05, 0.1) is 12.2 Å². The van der Waals surface area contributed by atoms with E-state index in [-0.39, 0.29) is 6.10 Å². The summed E-state index contributed by atoms with van der Waals surface area (Å²) in [6.45, 7) is 3.90. The van der Waals surface area contributed by atoms with Crippen LogP contribution in [0, 0.1) is 18.3 Å². The Morgan fingerprint density at radius 2 is 1.94 bits per heavy atom. The summed E-state index contributed by atoms with van der Waals surface area (Å²) in [6, 6.07) is 16.1. The highest BCUT2D eigenvalue weighted by atomic mass is 16.5. The third-order valence-electron chi connectivity index (χ3n) is 2.62. The van der Waals surface area contributed by atoms with E-state index >= 15 is 0 Å². The minimum atomic E-state index is -0.180. The van der Waals surface area contributed by atoms with E-state index < -0.39 is 0 Å². The van der Waals surface area contributed by atoms with Crippen LogP contribution in [0.1, 0.15) is 12.8 Å². The van der Waals surface area contributed by atoms with Gasteiger partial charge in [0.2, 0.25) is 0 Å². The molecule has 0 aliphatic heterocycles. The second-order valence-corrected chi connectivity index (χ2v) is 3.91. The first-order chi connectivity index (χ1) is 8.31. The Morgan fingerprint density at radius 1 is 1.18 bits per heavy atom. The lowest BCUT2D eigenvalue weighted by Crippen LogP contribution is -2.11. The predicted molar refractivity (Wildman–Crippen MR) is 68.6 cm³/mol. The van der Waals surface area contributed by atoms with Gasteiger partial charge in [-0.2, -0.15) is 5.26 Å². The average Bonchev–Trinajstić information content (AvgIpc) is 2.37. The highest BCUT2D eigenvalue weighted by Gasteiger charge is 2.06. The van der Waals surface area contributed by atoms with Gasteiger partial charge >= 0.3 is 0 Å². The Balaban J connectivity index is 2.21. The molecule has 2 nitrogen and oxygen atoms in total. The number of nitrogens with zero attached hydrogens (tertiary/aromatic N) is 1. The zero-order chi connectivity index (χ0) is 12.1. The summed E-state index contributed by atoms with van der Waals surface area (Å²) in [5.41, 5.74) is 0. The Hall–Kier alpha value is -2.01. The van der Waals surface area contributed by atoms with Crippen LogP contribution in [0.5, 0.6) is 5.75 Å². The molecule has 0 bridgehead atoms. The van der Waals surface area contributed by atoms with E-state index in [4.69, 9.17) is 10.00 Å². The largest absolute Gasteiger partial charge is 0.490 e. The highest BCUT2D eigenvalue weighted by molar-refractivity contribution is 5.88. The normalized spacial score (nSPS) is 12.0. The fourth-order valence-electron chi connectivity index (χ4n) is 1.76. The summed E-state index contributed by atoms with van der Waals surface area (Å²) in [4.78, 5) is 0. The molecule has 1 unspecified atom stereocenters. The standard InChI is InChI=1S/C15H14NO/c1-12(6-5-11-16)17-15-10-4-8-13-7-2-3-9-14(13)15/h2-4,7-10,12H,1,5-6H2. The Labute approximate surface area is 101 Å². The van der Waals surface area contributed by atoms with Crippen LogP contribution in [0.3, 0.4) is 0 Å². The number of hydrogen-bond acceptors (Lipinski definition) is 2. The minimum Gasteiger partial charge on any atom is -0.490 e. The topological polar surface area (TPSA) is 33.0 Å². The fraction of sp³-hybridized carbons (Fsp3) is 0.200. The Morgan fingerprint density at radius 3 is 2.76 bits per heavy atom. The summed E-state index contributed by atoms with van der Waals surface area (Å²) in [5, 5.41) is 10.8. The first kappa shape index (κ1) is 11.5. The molecule has 0 aromatic heterocycles. The van der Waals surface area contributed by atoms with E-state index in [1.807, 2.05) is 30.3 Å². The third-order valence-corrected chi connectivity index (χ3v) is 2.62. The van der Waals surface area contributed by atoms with Crippen molar-refractivity contribution in [3.05, 3.63) is 49.4 Å². The molecule has 2 rings (SSSR count). The Kier molecular flexibility index (Phi) is 3.62. The minimum absolute atomic E-state index is 0.180. The lowest BCUT2D eigenvalue weighted by molar-refractivity contribution is 0.241. The van der Waals surface area contributed by atoms with Crippen molar-refractivity contribution in [2.75, 3.05) is 0 Å². The number of hydrogen-bond donors (Lipinski definition) is 0. The molecule has 2 aromatic carbocycles. The molecule has 2 heteroatoms. The van der Waals surface area contributed by atoms with Gasteiger partial charge in [-0.15, -0.1) is 0 Å². The van der Waals surface area contributed by atoms with Crippen molar-refractivity contribution in [1.29, 1.82) is 5.26 Å². The zero-order valence-electron chi connectivity index (χ0n) is 9.60. The van der Waals surface area contributed by atoms with Gasteiger partial charge in [0.15, 0.2) is 0 Å².